The average Bonchev–Trinajstić information content (AvgIpc) is 2.71. The highest BCUT2D eigenvalue weighted by molar-refractivity contribution is 5.92. The molecular formula is C20H25N5O. The number of piperidine rings is 2. The molecule has 0 N–H and O–H groups in total. The molecule has 0 unspecified atom stereocenters. The maximum Gasteiger partial charge on any atom is 0.274 e. The van der Waals surface area contributed by atoms with Crippen molar-refractivity contribution in [1.82, 2.24) is 24.8 Å². The van der Waals surface area contributed by atoms with Crippen LogP contribution in [0.25, 0.3) is 0 Å². The van der Waals surface area contributed by atoms with E-state index in [-0.39, 0.29) is 5.91 Å². The van der Waals surface area contributed by atoms with E-state index in [1.54, 1.807) is 18.6 Å². The maximum atomic E-state index is 12.5. The third-order valence-corrected chi connectivity index (χ3v) is 5.92. The highest BCUT2D eigenvalue weighted by Crippen LogP contribution is 2.41. The van der Waals surface area contributed by atoms with Crippen LogP contribution in [0, 0.1) is 5.41 Å². The number of carbonyl (C=O) groups is 1. The van der Waals surface area contributed by atoms with Crippen LogP contribution in [0.5, 0.6) is 0 Å². The number of rotatable bonds is 3. The molecule has 0 aromatic carbocycles. The Morgan fingerprint density at radius 2 is 1.73 bits per heavy atom. The number of hydrogen-bond acceptors (Lipinski definition) is 5. The van der Waals surface area contributed by atoms with Gasteiger partial charge in [0.1, 0.15) is 5.69 Å². The van der Waals surface area contributed by atoms with Crippen LogP contribution < -0.4 is 0 Å². The van der Waals surface area contributed by atoms with E-state index in [4.69, 9.17) is 0 Å². The molecule has 1 amide bonds. The monoisotopic (exact) mass is 351 g/mol. The largest absolute Gasteiger partial charge is 0.337 e. The number of aromatic nitrogens is 3. The molecular weight excluding hydrogens is 326 g/mol. The third kappa shape index (κ3) is 3.75. The molecule has 0 atom stereocenters. The van der Waals surface area contributed by atoms with Gasteiger partial charge < -0.3 is 4.90 Å². The highest BCUT2D eigenvalue weighted by Gasteiger charge is 2.38. The van der Waals surface area contributed by atoms with Crippen LogP contribution in [0.1, 0.15) is 41.9 Å². The van der Waals surface area contributed by atoms with Crippen molar-refractivity contribution in [2.45, 2.75) is 32.2 Å². The zero-order valence-electron chi connectivity index (χ0n) is 15.0. The van der Waals surface area contributed by atoms with Crippen molar-refractivity contribution in [3.63, 3.8) is 0 Å². The van der Waals surface area contributed by atoms with Gasteiger partial charge >= 0.3 is 0 Å². The summed E-state index contributed by atoms with van der Waals surface area (Å²) in [5, 5.41) is 0. The standard InChI is InChI=1S/C20H25N5O/c26-19(18-15-21-9-10-23-18)25-13-6-20(7-14-25)4-11-24(12-5-20)16-17-3-1-2-8-22-17/h1-3,8-10,15H,4-7,11-14,16H2. The van der Waals surface area contributed by atoms with Crippen molar-refractivity contribution in [2.24, 2.45) is 5.41 Å². The fraction of sp³-hybridized carbons (Fsp3) is 0.500. The van der Waals surface area contributed by atoms with Crippen molar-refractivity contribution in [3.8, 4) is 0 Å². The minimum Gasteiger partial charge on any atom is -0.337 e. The fourth-order valence-electron chi connectivity index (χ4n) is 4.16. The highest BCUT2D eigenvalue weighted by atomic mass is 16.2. The summed E-state index contributed by atoms with van der Waals surface area (Å²) < 4.78 is 0. The zero-order valence-corrected chi connectivity index (χ0v) is 15.0. The van der Waals surface area contributed by atoms with E-state index in [0.29, 0.717) is 11.1 Å². The first-order valence-electron chi connectivity index (χ1n) is 9.42. The molecule has 0 aliphatic carbocycles. The SMILES string of the molecule is O=C(c1cnccn1)N1CCC2(CCN(Cc3ccccn3)CC2)CC1. The number of hydrogen-bond donors (Lipinski definition) is 0. The van der Waals surface area contributed by atoms with Gasteiger partial charge in [-0.2, -0.15) is 0 Å². The van der Waals surface area contributed by atoms with Gasteiger partial charge in [0, 0.05) is 38.2 Å². The molecule has 4 heterocycles. The van der Waals surface area contributed by atoms with Crippen molar-refractivity contribution < 1.29 is 4.79 Å². The molecule has 2 aliphatic heterocycles. The lowest BCUT2D eigenvalue weighted by Crippen LogP contribution is -2.48. The summed E-state index contributed by atoms with van der Waals surface area (Å²) in [6.07, 6.45) is 11.2. The Morgan fingerprint density at radius 3 is 2.38 bits per heavy atom. The van der Waals surface area contributed by atoms with Gasteiger partial charge in [-0.05, 0) is 56.3 Å². The number of nitrogens with zero attached hydrogens (tertiary/aromatic N) is 5. The van der Waals surface area contributed by atoms with Gasteiger partial charge in [-0.15, -0.1) is 0 Å². The lowest BCUT2D eigenvalue weighted by Gasteiger charge is -2.46. The Hall–Kier alpha value is -2.34. The van der Waals surface area contributed by atoms with Crippen LogP contribution >= 0.6 is 0 Å². The van der Waals surface area contributed by atoms with E-state index in [0.717, 1.165) is 51.3 Å². The third-order valence-electron chi connectivity index (χ3n) is 5.92. The number of likely N-dealkylation sites (tertiary alicyclic amines) is 2. The summed E-state index contributed by atoms with van der Waals surface area (Å²) in [7, 11) is 0. The molecule has 2 aromatic rings. The quantitative estimate of drug-likeness (QED) is 0.850. The molecule has 6 nitrogen and oxygen atoms in total. The van der Waals surface area contributed by atoms with Crippen molar-refractivity contribution in [3.05, 3.63) is 54.4 Å². The zero-order chi connectivity index (χ0) is 17.8. The molecule has 2 saturated heterocycles. The van der Waals surface area contributed by atoms with Gasteiger partial charge in [-0.3, -0.25) is 19.7 Å². The predicted molar refractivity (Wildman–Crippen MR) is 98.4 cm³/mol. The normalized spacial score (nSPS) is 20.2. The van der Waals surface area contributed by atoms with Crippen LogP contribution in [0.3, 0.4) is 0 Å². The molecule has 2 aromatic heterocycles. The first-order valence-corrected chi connectivity index (χ1v) is 9.42. The van der Waals surface area contributed by atoms with Crippen molar-refractivity contribution >= 4 is 5.91 Å². The smallest absolute Gasteiger partial charge is 0.274 e. The topological polar surface area (TPSA) is 62.2 Å². The number of pyridine rings is 1. The molecule has 0 radical (unpaired) electrons. The molecule has 0 saturated carbocycles. The van der Waals surface area contributed by atoms with Gasteiger partial charge in [0.15, 0.2) is 0 Å². The Balaban J connectivity index is 1.29. The molecule has 1 spiro atoms. The molecule has 26 heavy (non-hydrogen) atoms. The lowest BCUT2D eigenvalue weighted by atomic mass is 9.71. The van der Waals surface area contributed by atoms with E-state index < -0.39 is 0 Å². The van der Waals surface area contributed by atoms with Gasteiger partial charge in [-0.25, -0.2) is 4.98 Å². The second kappa shape index (κ2) is 7.50. The van der Waals surface area contributed by atoms with Gasteiger partial charge in [0.05, 0.1) is 11.9 Å². The van der Waals surface area contributed by atoms with Gasteiger partial charge in [-0.1, -0.05) is 6.07 Å². The van der Waals surface area contributed by atoms with E-state index in [9.17, 15) is 4.79 Å². The fourth-order valence-corrected chi connectivity index (χ4v) is 4.16. The van der Waals surface area contributed by atoms with Crippen LogP contribution in [0.2, 0.25) is 0 Å². The predicted octanol–water partition coefficient (Wildman–Crippen LogP) is 2.39. The van der Waals surface area contributed by atoms with E-state index >= 15 is 0 Å². The molecule has 6 heteroatoms. The molecule has 0 bridgehead atoms. The Morgan fingerprint density at radius 1 is 0.962 bits per heavy atom. The van der Waals surface area contributed by atoms with E-state index in [2.05, 4.69) is 32.0 Å². The molecule has 2 fully saturated rings. The Bertz CT molecular complexity index is 718. The minimum absolute atomic E-state index is 0.0144. The average molecular weight is 351 g/mol. The second-order valence-electron chi connectivity index (χ2n) is 7.48. The molecule has 4 rings (SSSR count). The summed E-state index contributed by atoms with van der Waals surface area (Å²) >= 11 is 0. The van der Waals surface area contributed by atoms with Crippen LogP contribution in [0.15, 0.2) is 43.0 Å². The molecule has 136 valence electrons. The van der Waals surface area contributed by atoms with Crippen molar-refractivity contribution in [1.29, 1.82) is 0 Å². The number of amides is 1. The second-order valence-corrected chi connectivity index (χ2v) is 7.48. The van der Waals surface area contributed by atoms with E-state index in [1.807, 2.05) is 17.2 Å². The summed E-state index contributed by atoms with van der Waals surface area (Å²) in [4.78, 5) is 29.6. The Kier molecular flexibility index (Phi) is 4.93. The van der Waals surface area contributed by atoms with Crippen LogP contribution in [0.4, 0.5) is 0 Å². The van der Waals surface area contributed by atoms with Crippen molar-refractivity contribution in [2.75, 3.05) is 26.2 Å². The summed E-state index contributed by atoms with van der Waals surface area (Å²) in [5.41, 5.74) is 2.00. The summed E-state index contributed by atoms with van der Waals surface area (Å²) in [5.74, 6) is 0.0144. The summed E-state index contributed by atoms with van der Waals surface area (Å²) in [6, 6.07) is 6.11. The van der Waals surface area contributed by atoms with Gasteiger partial charge in [0.2, 0.25) is 0 Å². The first kappa shape index (κ1) is 17.1. The lowest BCUT2D eigenvalue weighted by molar-refractivity contribution is 0.0279. The van der Waals surface area contributed by atoms with Crippen LogP contribution in [-0.4, -0.2) is 56.8 Å². The first-order chi connectivity index (χ1) is 12.7. The van der Waals surface area contributed by atoms with Gasteiger partial charge in [0.25, 0.3) is 5.91 Å². The summed E-state index contributed by atoms with van der Waals surface area (Å²) in [6.45, 7) is 4.84. The number of carbonyl (C=O) groups excluding carboxylic acids is 1. The minimum atomic E-state index is 0.0144. The van der Waals surface area contributed by atoms with Crippen LogP contribution in [-0.2, 0) is 6.54 Å². The maximum absolute atomic E-state index is 12.5. The van der Waals surface area contributed by atoms with E-state index in [1.165, 1.54) is 12.8 Å². The Labute approximate surface area is 154 Å². The molecule has 2 aliphatic rings.